The van der Waals surface area contributed by atoms with Crippen LogP contribution >= 0.6 is 0 Å². The molecule has 0 fully saturated rings. The molecule has 1 aromatic rings. The van der Waals surface area contributed by atoms with Gasteiger partial charge in [0.15, 0.2) is 11.9 Å². The highest BCUT2D eigenvalue weighted by Gasteiger charge is 2.25. The van der Waals surface area contributed by atoms with Crippen molar-refractivity contribution in [3.05, 3.63) is 33.9 Å². The fourth-order valence-corrected chi connectivity index (χ4v) is 1.18. The van der Waals surface area contributed by atoms with E-state index in [1.165, 1.54) is 18.2 Å². The number of nitriles is 1. The molecule has 2 atom stereocenters. The summed E-state index contributed by atoms with van der Waals surface area (Å²) in [6.45, 7) is 0. The molecule has 0 aromatic heterocycles. The van der Waals surface area contributed by atoms with Crippen LogP contribution in [-0.4, -0.2) is 26.3 Å². The quantitative estimate of drug-likeness (QED) is 0.382. The second-order valence-electron chi connectivity index (χ2n) is 2.99. The SMILES string of the molecule is N#CC(O)C(O)c1cccc([N+](=O)[O-])c1O. The fraction of sp³-hybridized carbons (Fsp3) is 0.222. The van der Waals surface area contributed by atoms with Crippen molar-refractivity contribution in [2.24, 2.45) is 0 Å². The summed E-state index contributed by atoms with van der Waals surface area (Å²) in [5.74, 6) is -0.755. The monoisotopic (exact) mass is 224 g/mol. The number of benzene rings is 1. The van der Waals surface area contributed by atoms with Gasteiger partial charge >= 0.3 is 5.69 Å². The topological polar surface area (TPSA) is 128 Å². The number of rotatable bonds is 3. The molecular weight excluding hydrogens is 216 g/mol. The summed E-state index contributed by atoms with van der Waals surface area (Å²) in [4.78, 5) is 9.64. The van der Waals surface area contributed by atoms with E-state index in [0.29, 0.717) is 0 Å². The van der Waals surface area contributed by atoms with Crippen LogP contribution in [0.4, 0.5) is 5.69 Å². The van der Waals surface area contributed by atoms with Crippen molar-refractivity contribution in [3.63, 3.8) is 0 Å². The number of nitro groups is 1. The highest BCUT2D eigenvalue weighted by molar-refractivity contribution is 5.51. The van der Waals surface area contributed by atoms with Crippen LogP contribution in [0.5, 0.6) is 5.75 Å². The minimum atomic E-state index is -1.76. The Labute approximate surface area is 90.0 Å². The number of aliphatic hydroxyl groups is 2. The van der Waals surface area contributed by atoms with E-state index < -0.39 is 28.6 Å². The van der Waals surface area contributed by atoms with Crippen molar-refractivity contribution in [3.8, 4) is 11.8 Å². The van der Waals surface area contributed by atoms with E-state index in [9.17, 15) is 20.3 Å². The second-order valence-corrected chi connectivity index (χ2v) is 2.99. The highest BCUT2D eigenvalue weighted by atomic mass is 16.6. The van der Waals surface area contributed by atoms with Gasteiger partial charge in [0.1, 0.15) is 6.10 Å². The van der Waals surface area contributed by atoms with Crippen molar-refractivity contribution >= 4 is 5.69 Å². The molecule has 1 aromatic carbocycles. The van der Waals surface area contributed by atoms with Crippen LogP contribution in [0.3, 0.4) is 0 Å². The average molecular weight is 224 g/mol. The Morgan fingerprint density at radius 2 is 2.06 bits per heavy atom. The molecule has 2 unspecified atom stereocenters. The number of hydrogen-bond acceptors (Lipinski definition) is 6. The first-order valence-electron chi connectivity index (χ1n) is 4.21. The average Bonchev–Trinajstić information content (AvgIpc) is 2.27. The number of phenolic OH excluding ortho intramolecular Hbond substituents is 1. The molecule has 0 radical (unpaired) electrons. The molecule has 0 saturated carbocycles. The van der Waals surface area contributed by atoms with Gasteiger partial charge < -0.3 is 15.3 Å². The number of nitro benzene ring substituents is 1. The number of aliphatic hydroxyl groups excluding tert-OH is 2. The Balaban J connectivity index is 3.21. The predicted octanol–water partition coefficient (Wildman–Crippen LogP) is 0.218. The van der Waals surface area contributed by atoms with E-state index in [0.717, 1.165) is 6.07 Å². The standard InChI is InChI=1S/C9H8N2O5/c10-4-7(12)9(14)5-2-1-3-6(8(5)13)11(15)16/h1-3,7,9,12-14H. The third-order valence-corrected chi connectivity index (χ3v) is 1.99. The van der Waals surface area contributed by atoms with Crippen LogP contribution in [0, 0.1) is 21.4 Å². The molecule has 1 rings (SSSR count). The van der Waals surface area contributed by atoms with Gasteiger partial charge in [-0.1, -0.05) is 12.1 Å². The summed E-state index contributed by atoms with van der Waals surface area (Å²) in [7, 11) is 0. The molecule has 84 valence electrons. The summed E-state index contributed by atoms with van der Waals surface area (Å²) in [5.41, 5.74) is -0.857. The van der Waals surface area contributed by atoms with Crippen LogP contribution in [0.15, 0.2) is 18.2 Å². The van der Waals surface area contributed by atoms with E-state index in [2.05, 4.69) is 0 Å². The first kappa shape index (κ1) is 11.9. The molecule has 7 nitrogen and oxygen atoms in total. The zero-order valence-electron chi connectivity index (χ0n) is 7.94. The van der Waals surface area contributed by atoms with E-state index in [1.807, 2.05) is 0 Å². The number of aromatic hydroxyl groups is 1. The Morgan fingerprint density at radius 3 is 2.56 bits per heavy atom. The number of hydrogen-bond donors (Lipinski definition) is 3. The molecular formula is C9H8N2O5. The third kappa shape index (κ3) is 2.08. The molecule has 0 bridgehead atoms. The Hall–Kier alpha value is -2.17. The summed E-state index contributed by atoms with van der Waals surface area (Å²) < 4.78 is 0. The molecule has 0 saturated heterocycles. The van der Waals surface area contributed by atoms with Gasteiger partial charge in [0.2, 0.25) is 0 Å². The van der Waals surface area contributed by atoms with Gasteiger partial charge in [-0.05, 0) is 0 Å². The van der Waals surface area contributed by atoms with E-state index in [1.54, 1.807) is 0 Å². The van der Waals surface area contributed by atoms with Gasteiger partial charge in [0.25, 0.3) is 0 Å². The molecule has 0 aliphatic carbocycles. The van der Waals surface area contributed by atoms with Crippen molar-refractivity contribution < 1.29 is 20.2 Å². The van der Waals surface area contributed by atoms with Crippen LogP contribution in [0.1, 0.15) is 11.7 Å². The Bertz CT molecular complexity index is 454. The van der Waals surface area contributed by atoms with Gasteiger partial charge in [-0.3, -0.25) is 10.1 Å². The summed E-state index contributed by atoms with van der Waals surface area (Å²) >= 11 is 0. The van der Waals surface area contributed by atoms with E-state index in [4.69, 9.17) is 10.4 Å². The minimum absolute atomic E-state index is 0.261. The first-order chi connectivity index (χ1) is 7.49. The summed E-state index contributed by atoms with van der Waals surface area (Å²) in [5, 5.41) is 46.7. The lowest BCUT2D eigenvalue weighted by molar-refractivity contribution is -0.386. The predicted molar refractivity (Wildman–Crippen MR) is 51.3 cm³/mol. The van der Waals surface area contributed by atoms with Gasteiger partial charge in [-0.2, -0.15) is 5.26 Å². The smallest absolute Gasteiger partial charge is 0.311 e. The van der Waals surface area contributed by atoms with Gasteiger partial charge in [-0.25, -0.2) is 0 Å². The lowest BCUT2D eigenvalue weighted by atomic mass is 10.0. The van der Waals surface area contributed by atoms with Crippen LogP contribution < -0.4 is 0 Å². The lowest BCUT2D eigenvalue weighted by Crippen LogP contribution is -2.16. The molecule has 0 aliphatic heterocycles. The summed E-state index contributed by atoms with van der Waals surface area (Å²) in [6, 6.07) is 4.83. The minimum Gasteiger partial charge on any atom is -0.502 e. The van der Waals surface area contributed by atoms with Crippen molar-refractivity contribution in [1.29, 1.82) is 5.26 Å². The molecule has 0 aliphatic rings. The molecule has 0 amide bonds. The van der Waals surface area contributed by atoms with Crippen molar-refractivity contribution in [2.45, 2.75) is 12.2 Å². The van der Waals surface area contributed by atoms with Crippen molar-refractivity contribution in [1.82, 2.24) is 0 Å². The zero-order chi connectivity index (χ0) is 12.3. The molecule has 7 heteroatoms. The maximum absolute atomic E-state index is 10.5. The molecule has 0 spiro atoms. The van der Waals surface area contributed by atoms with Crippen molar-refractivity contribution in [2.75, 3.05) is 0 Å². The maximum atomic E-state index is 10.5. The molecule has 16 heavy (non-hydrogen) atoms. The normalized spacial score (nSPS) is 13.8. The van der Waals surface area contributed by atoms with E-state index in [-0.39, 0.29) is 5.56 Å². The Kier molecular flexibility index (Phi) is 3.40. The highest BCUT2D eigenvalue weighted by Crippen LogP contribution is 2.34. The lowest BCUT2D eigenvalue weighted by Gasteiger charge is -2.12. The Morgan fingerprint density at radius 1 is 1.44 bits per heavy atom. The maximum Gasteiger partial charge on any atom is 0.311 e. The van der Waals surface area contributed by atoms with Crippen LogP contribution in [0.2, 0.25) is 0 Å². The van der Waals surface area contributed by atoms with Crippen LogP contribution in [-0.2, 0) is 0 Å². The second kappa shape index (κ2) is 4.57. The first-order valence-corrected chi connectivity index (χ1v) is 4.21. The summed E-state index contributed by atoms with van der Waals surface area (Å²) in [6.07, 6.45) is -3.45. The number of nitrogens with zero attached hydrogens (tertiary/aromatic N) is 2. The third-order valence-electron chi connectivity index (χ3n) is 1.99. The zero-order valence-corrected chi connectivity index (χ0v) is 7.94. The van der Waals surface area contributed by atoms with Gasteiger partial charge in [-0.15, -0.1) is 0 Å². The number of phenols is 1. The molecule has 3 N–H and O–H groups in total. The number of para-hydroxylation sites is 1. The van der Waals surface area contributed by atoms with Gasteiger partial charge in [0.05, 0.1) is 11.0 Å². The largest absolute Gasteiger partial charge is 0.502 e. The molecule has 0 heterocycles. The van der Waals surface area contributed by atoms with E-state index >= 15 is 0 Å². The van der Waals surface area contributed by atoms with Crippen LogP contribution in [0.25, 0.3) is 0 Å². The van der Waals surface area contributed by atoms with Gasteiger partial charge in [0, 0.05) is 11.6 Å². The fourth-order valence-electron chi connectivity index (χ4n) is 1.18.